The van der Waals surface area contributed by atoms with E-state index < -0.39 is 14.9 Å². The molecule has 0 spiro atoms. The molecule has 0 aliphatic carbocycles. The van der Waals surface area contributed by atoms with E-state index in [4.69, 9.17) is 9.88 Å². The van der Waals surface area contributed by atoms with Gasteiger partial charge < -0.3 is 15.0 Å². The molecule has 0 amide bonds. The number of hydrogen-bond donors (Lipinski definition) is 2. The fraction of sp³-hybridized carbons (Fsp3) is 0.538. The number of primary sulfonamides is 1. The van der Waals surface area contributed by atoms with Gasteiger partial charge in [0.15, 0.2) is 0 Å². The van der Waals surface area contributed by atoms with Gasteiger partial charge >= 0.3 is 0 Å². The minimum absolute atomic E-state index is 0.249. The van der Waals surface area contributed by atoms with E-state index in [1.165, 1.54) is 12.1 Å². The van der Waals surface area contributed by atoms with Crippen molar-refractivity contribution in [2.24, 2.45) is 5.14 Å². The summed E-state index contributed by atoms with van der Waals surface area (Å²) in [5, 5.41) is 19.7. The highest BCUT2D eigenvalue weighted by atomic mass is 32.2. The van der Waals surface area contributed by atoms with Crippen LogP contribution in [0.4, 0.5) is 11.4 Å². The van der Waals surface area contributed by atoms with Crippen LogP contribution in [0.15, 0.2) is 23.1 Å². The van der Waals surface area contributed by atoms with Gasteiger partial charge in [0, 0.05) is 37.8 Å². The van der Waals surface area contributed by atoms with E-state index in [-0.39, 0.29) is 16.6 Å². The van der Waals surface area contributed by atoms with Crippen molar-refractivity contribution in [3.8, 4) is 0 Å². The Labute approximate surface area is 133 Å². The summed E-state index contributed by atoms with van der Waals surface area (Å²) >= 11 is 0. The number of nitrogens with one attached hydrogen (secondary N) is 1. The van der Waals surface area contributed by atoms with Gasteiger partial charge in [0.25, 0.3) is 5.69 Å². The summed E-state index contributed by atoms with van der Waals surface area (Å²) < 4.78 is 28.0. The molecule has 1 unspecified atom stereocenters. The first kappa shape index (κ1) is 16.1. The predicted octanol–water partition coefficient (Wildman–Crippen LogP) is -0.191. The summed E-state index contributed by atoms with van der Waals surface area (Å²) in [6.07, 6.45) is 0.972. The highest BCUT2D eigenvalue weighted by Gasteiger charge is 2.33. The van der Waals surface area contributed by atoms with E-state index in [0.29, 0.717) is 31.4 Å². The highest BCUT2D eigenvalue weighted by Crippen LogP contribution is 2.33. The molecule has 23 heavy (non-hydrogen) atoms. The van der Waals surface area contributed by atoms with Crippen LogP contribution in [0.1, 0.15) is 6.42 Å². The maximum atomic E-state index is 11.3. The van der Waals surface area contributed by atoms with Crippen molar-refractivity contribution in [3.05, 3.63) is 28.3 Å². The zero-order chi connectivity index (χ0) is 16.6. The third-order valence-electron chi connectivity index (χ3n) is 4.10. The fourth-order valence-electron chi connectivity index (χ4n) is 2.87. The van der Waals surface area contributed by atoms with E-state index in [2.05, 4.69) is 5.32 Å². The van der Waals surface area contributed by atoms with Gasteiger partial charge in [0.1, 0.15) is 5.69 Å². The standard InChI is InChI=1S/C13H18N4O5S/c14-23(20,21)11-1-2-12(13(5-11)17(18)19)16-6-10(7-16)15-9-3-4-22-8-9/h1-2,5,9-10,15H,3-4,6-8H2,(H2,14,20,21). The second-order valence-corrected chi connectivity index (χ2v) is 7.34. The lowest BCUT2D eigenvalue weighted by Crippen LogP contribution is -2.60. The van der Waals surface area contributed by atoms with Crippen LogP contribution in [0.2, 0.25) is 0 Å². The number of ether oxygens (including phenoxy) is 1. The highest BCUT2D eigenvalue weighted by molar-refractivity contribution is 7.89. The maximum absolute atomic E-state index is 11.3. The minimum atomic E-state index is -3.97. The molecule has 2 saturated heterocycles. The maximum Gasteiger partial charge on any atom is 0.293 e. The number of anilines is 1. The molecule has 0 saturated carbocycles. The number of nitro groups is 1. The lowest BCUT2D eigenvalue weighted by molar-refractivity contribution is -0.384. The predicted molar refractivity (Wildman–Crippen MR) is 82.8 cm³/mol. The number of nitro benzene ring substituents is 1. The van der Waals surface area contributed by atoms with Crippen LogP contribution in [-0.4, -0.2) is 51.7 Å². The molecule has 126 valence electrons. The van der Waals surface area contributed by atoms with E-state index >= 15 is 0 Å². The summed E-state index contributed by atoms with van der Waals surface area (Å²) in [5.41, 5.74) is 0.155. The van der Waals surface area contributed by atoms with Gasteiger partial charge in [0.2, 0.25) is 10.0 Å². The lowest BCUT2D eigenvalue weighted by Gasteiger charge is -2.42. The van der Waals surface area contributed by atoms with E-state index in [1.807, 2.05) is 4.90 Å². The summed E-state index contributed by atoms with van der Waals surface area (Å²) in [4.78, 5) is 12.2. The van der Waals surface area contributed by atoms with Gasteiger partial charge in [-0.25, -0.2) is 13.6 Å². The fourth-order valence-corrected chi connectivity index (χ4v) is 3.41. The minimum Gasteiger partial charge on any atom is -0.380 e. The first-order chi connectivity index (χ1) is 10.8. The molecule has 1 aromatic carbocycles. The van der Waals surface area contributed by atoms with Gasteiger partial charge in [-0.05, 0) is 18.6 Å². The normalized spacial score (nSPS) is 22.1. The van der Waals surface area contributed by atoms with E-state index in [9.17, 15) is 18.5 Å². The van der Waals surface area contributed by atoms with Crippen LogP contribution in [-0.2, 0) is 14.8 Å². The van der Waals surface area contributed by atoms with Crippen LogP contribution < -0.4 is 15.4 Å². The summed E-state index contributed by atoms with van der Waals surface area (Å²) in [5.74, 6) is 0. The van der Waals surface area contributed by atoms with Crippen molar-refractivity contribution in [2.75, 3.05) is 31.2 Å². The van der Waals surface area contributed by atoms with Crippen molar-refractivity contribution < 1.29 is 18.1 Å². The van der Waals surface area contributed by atoms with Crippen molar-refractivity contribution in [1.29, 1.82) is 0 Å². The average Bonchev–Trinajstić information content (AvgIpc) is 2.93. The van der Waals surface area contributed by atoms with E-state index in [0.717, 1.165) is 19.1 Å². The molecule has 2 aliphatic rings. The van der Waals surface area contributed by atoms with Crippen LogP contribution in [0.3, 0.4) is 0 Å². The second kappa shape index (κ2) is 6.04. The Morgan fingerprint density at radius 3 is 2.65 bits per heavy atom. The van der Waals surface area contributed by atoms with Crippen LogP contribution in [0.5, 0.6) is 0 Å². The molecular formula is C13H18N4O5S. The molecule has 1 atom stereocenters. The molecule has 2 fully saturated rings. The van der Waals surface area contributed by atoms with Crippen molar-refractivity contribution in [2.45, 2.75) is 23.4 Å². The van der Waals surface area contributed by atoms with Crippen LogP contribution >= 0.6 is 0 Å². The number of rotatable bonds is 5. The third kappa shape index (κ3) is 3.44. The molecule has 0 radical (unpaired) electrons. The van der Waals surface area contributed by atoms with Crippen molar-refractivity contribution in [1.82, 2.24) is 5.32 Å². The zero-order valence-corrected chi connectivity index (χ0v) is 13.2. The van der Waals surface area contributed by atoms with Crippen LogP contribution in [0, 0.1) is 10.1 Å². The summed E-state index contributed by atoms with van der Waals surface area (Å²) in [7, 11) is -3.97. The Morgan fingerprint density at radius 1 is 1.35 bits per heavy atom. The van der Waals surface area contributed by atoms with E-state index in [1.54, 1.807) is 0 Å². The number of hydrogen-bond acceptors (Lipinski definition) is 7. The van der Waals surface area contributed by atoms with Crippen molar-refractivity contribution in [3.63, 3.8) is 0 Å². The second-order valence-electron chi connectivity index (χ2n) is 5.78. The Balaban J connectivity index is 1.72. The smallest absolute Gasteiger partial charge is 0.293 e. The molecule has 3 N–H and O–H groups in total. The van der Waals surface area contributed by atoms with Gasteiger partial charge in [-0.2, -0.15) is 0 Å². The largest absolute Gasteiger partial charge is 0.380 e. The van der Waals surface area contributed by atoms with Gasteiger partial charge in [-0.3, -0.25) is 10.1 Å². The molecule has 10 heteroatoms. The molecule has 0 bridgehead atoms. The number of benzene rings is 1. The first-order valence-corrected chi connectivity index (χ1v) is 8.79. The third-order valence-corrected chi connectivity index (χ3v) is 5.01. The van der Waals surface area contributed by atoms with Crippen LogP contribution in [0.25, 0.3) is 0 Å². The quantitative estimate of drug-likeness (QED) is 0.560. The first-order valence-electron chi connectivity index (χ1n) is 7.24. The molecule has 0 aromatic heterocycles. The topological polar surface area (TPSA) is 128 Å². The molecule has 3 rings (SSSR count). The van der Waals surface area contributed by atoms with Gasteiger partial charge in [-0.15, -0.1) is 0 Å². The molecule has 9 nitrogen and oxygen atoms in total. The number of nitrogens with two attached hydrogens (primary N) is 1. The average molecular weight is 342 g/mol. The zero-order valence-electron chi connectivity index (χ0n) is 12.3. The SMILES string of the molecule is NS(=O)(=O)c1ccc(N2CC(NC3CCOC3)C2)c([N+](=O)[O-])c1. The molecular weight excluding hydrogens is 324 g/mol. The monoisotopic (exact) mass is 342 g/mol. The Hall–Kier alpha value is -1.75. The lowest BCUT2D eigenvalue weighted by atomic mass is 10.1. The summed E-state index contributed by atoms with van der Waals surface area (Å²) in [6.45, 7) is 2.71. The molecule has 2 aliphatic heterocycles. The van der Waals surface area contributed by atoms with Crippen molar-refractivity contribution >= 4 is 21.4 Å². The number of nitrogens with zero attached hydrogens (tertiary/aromatic N) is 2. The molecule has 2 heterocycles. The Kier molecular flexibility index (Phi) is 4.23. The summed E-state index contributed by atoms with van der Waals surface area (Å²) in [6, 6.07) is 4.33. The Morgan fingerprint density at radius 2 is 2.09 bits per heavy atom. The molecule has 1 aromatic rings. The van der Waals surface area contributed by atoms with Gasteiger partial charge in [0.05, 0.1) is 16.4 Å². The Bertz CT molecular complexity index is 711. The number of sulfonamides is 1. The van der Waals surface area contributed by atoms with Gasteiger partial charge in [-0.1, -0.05) is 0 Å².